The molecule has 0 spiro atoms. The molecule has 0 amide bonds. The van der Waals surface area contributed by atoms with Crippen LogP contribution in [0.4, 0.5) is 0 Å². The normalized spacial score (nSPS) is 19.8. The molecule has 1 saturated heterocycles. The van der Waals surface area contributed by atoms with Crippen LogP contribution in [0.3, 0.4) is 0 Å². The van der Waals surface area contributed by atoms with Gasteiger partial charge in [-0.15, -0.1) is 0 Å². The number of rotatable bonds is 3. The molecule has 2 heteroatoms. The average Bonchev–Trinajstić information content (AvgIpc) is 2.65. The molecular formula is C12H16O2. The van der Waals surface area contributed by atoms with E-state index < -0.39 is 0 Å². The molecule has 0 radical (unpaired) electrons. The van der Waals surface area contributed by atoms with Crippen molar-refractivity contribution in [1.29, 1.82) is 0 Å². The third kappa shape index (κ3) is 2.34. The van der Waals surface area contributed by atoms with Crippen molar-refractivity contribution >= 4 is 0 Å². The maximum atomic E-state index is 5.54. The van der Waals surface area contributed by atoms with E-state index in [2.05, 4.69) is 24.3 Å². The van der Waals surface area contributed by atoms with Gasteiger partial charge in [-0.1, -0.05) is 30.3 Å². The highest BCUT2D eigenvalue weighted by atomic mass is 16.7. The van der Waals surface area contributed by atoms with Crippen molar-refractivity contribution < 1.29 is 9.47 Å². The van der Waals surface area contributed by atoms with Gasteiger partial charge in [-0.2, -0.15) is 0 Å². The van der Waals surface area contributed by atoms with E-state index in [1.165, 1.54) is 5.56 Å². The quantitative estimate of drug-likeness (QED) is 0.732. The van der Waals surface area contributed by atoms with Crippen LogP contribution in [0.25, 0.3) is 0 Å². The Labute approximate surface area is 84.8 Å². The second-order valence-electron chi connectivity index (χ2n) is 3.82. The van der Waals surface area contributed by atoms with E-state index in [1.807, 2.05) is 13.0 Å². The molecule has 1 aliphatic heterocycles. The third-order valence-electron chi connectivity index (χ3n) is 2.61. The summed E-state index contributed by atoms with van der Waals surface area (Å²) in [5, 5.41) is 0. The van der Waals surface area contributed by atoms with E-state index in [-0.39, 0.29) is 5.79 Å². The summed E-state index contributed by atoms with van der Waals surface area (Å²) < 4.78 is 11.1. The minimum absolute atomic E-state index is 0.351. The van der Waals surface area contributed by atoms with Crippen LogP contribution in [0.1, 0.15) is 18.9 Å². The van der Waals surface area contributed by atoms with Crippen LogP contribution in [0.2, 0.25) is 0 Å². The molecule has 0 saturated carbocycles. The molecule has 1 fully saturated rings. The number of aryl methyl sites for hydroxylation is 1. The molecule has 0 atom stereocenters. The molecule has 2 rings (SSSR count). The highest BCUT2D eigenvalue weighted by molar-refractivity contribution is 5.14. The zero-order valence-electron chi connectivity index (χ0n) is 8.53. The Balaban J connectivity index is 1.88. The van der Waals surface area contributed by atoms with Crippen LogP contribution < -0.4 is 0 Å². The van der Waals surface area contributed by atoms with E-state index in [0.29, 0.717) is 0 Å². The van der Waals surface area contributed by atoms with Gasteiger partial charge < -0.3 is 9.47 Å². The Bertz CT molecular complexity index is 276. The van der Waals surface area contributed by atoms with E-state index in [9.17, 15) is 0 Å². The fraction of sp³-hybridized carbons (Fsp3) is 0.500. The molecular weight excluding hydrogens is 176 g/mol. The van der Waals surface area contributed by atoms with Crippen LogP contribution in [-0.4, -0.2) is 19.0 Å². The molecule has 14 heavy (non-hydrogen) atoms. The van der Waals surface area contributed by atoms with Gasteiger partial charge in [-0.3, -0.25) is 0 Å². The van der Waals surface area contributed by atoms with Crippen LogP contribution in [0, 0.1) is 0 Å². The minimum atomic E-state index is -0.351. The van der Waals surface area contributed by atoms with Crippen molar-refractivity contribution in [3.63, 3.8) is 0 Å². The van der Waals surface area contributed by atoms with Gasteiger partial charge in [0.25, 0.3) is 0 Å². The summed E-state index contributed by atoms with van der Waals surface area (Å²) in [7, 11) is 0. The van der Waals surface area contributed by atoms with Gasteiger partial charge in [0.05, 0.1) is 13.2 Å². The highest BCUT2D eigenvalue weighted by Crippen LogP contribution is 2.24. The van der Waals surface area contributed by atoms with Crippen molar-refractivity contribution in [2.24, 2.45) is 0 Å². The van der Waals surface area contributed by atoms with Gasteiger partial charge in [-0.25, -0.2) is 0 Å². The summed E-state index contributed by atoms with van der Waals surface area (Å²) in [6, 6.07) is 10.4. The van der Waals surface area contributed by atoms with Gasteiger partial charge in [-0.05, 0) is 18.9 Å². The van der Waals surface area contributed by atoms with Crippen molar-refractivity contribution in [3.05, 3.63) is 35.9 Å². The Morgan fingerprint density at radius 3 is 2.43 bits per heavy atom. The molecule has 0 unspecified atom stereocenters. The molecule has 2 nitrogen and oxygen atoms in total. The Kier molecular flexibility index (Phi) is 2.85. The second-order valence-corrected chi connectivity index (χ2v) is 3.82. The summed E-state index contributed by atoms with van der Waals surface area (Å²) in [5.41, 5.74) is 1.34. The molecule has 1 aromatic rings. The standard InChI is InChI=1S/C12H16O2/c1-12(13-9-10-14-12)8-7-11-5-3-2-4-6-11/h2-6H,7-10H2,1H3. The largest absolute Gasteiger partial charge is 0.348 e. The van der Waals surface area contributed by atoms with Crippen molar-refractivity contribution in [2.75, 3.05) is 13.2 Å². The monoisotopic (exact) mass is 192 g/mol. The first-order valence-corrected chi connectivity index (χ1v) is 5.10. The van der Waals surface area contributed by atoms with Crippen LogP contribution in [-0.2, 0) is 15.9 Å². The molecule has 0 aliphatic carbocycles. The first-order valence-electron chi connectivity index (χ1n) is 5.10. The fourth-order valence-corrected chi connectivity index (χ4v) is 1.72. The van der Waals surface area contributed by atoms with Crippen molar-refractivity contribution in [3.8, 4) is 0 Å². The predicted octanol–water partition coefficient (Wildman–Crippen LogP) is 2.38. The zero-order chi connectivity index (χ0) is 9.86. The van der Waals surface area contributed by atoms with Gasteiger partial charge in [0, 0.05) is 6.42 Å². The number of hydrogen-bond acceptors (Lipinski definition) is 2. The lowest BCUT2D eigenvalue weighted by atomic mass is 10.1. The summed E-state index contributed by atoms with van der Waals surface area (Å²) >= 11 is 0. The summed E-state index contributed by atoms with van der Waals surface area (Å²) in [6.07, 6.45) is 1.94. The molecule has 0 aromatic heterocycles. The molecule has 1 aromatic carbocycles. The van der Waals surface area contributed by atoms with E-state index >= 15 is 0 Å². The maximum absolute atomic E-state index is 5.54. The SMILES string of the molecule is CC1(CCc2ccccc2)OCCO1. The number of ether oxygens (including phenoxy) is 2. The summed E-state index contributed by atoms with van der Waals surface area (Å²) in [4.78, 5) is 0. The first kappa shape index (κ1) is 9.69. The number of benzene rings is 1. The van der Waals surface area contributed by atoms with Crippen LogP contribution >= 0.6 is 0 Å². The highest BCUT2D eigenvalue weighted by Gasteiger charge is 2.30. The lowest BCUT2D eigenvalue weighted by Gasteiger charge is -2.21. The maximum Gasteiger partial charge on any atom is 0.166 e. The minimum Gasteiger partial charge on any atom is -0.348 e. The van der Waals surface area contributed by atoms with E-state index in [0.717, 1.165) is 26.1 Å². The Morgan fingerprint density at radius 2 is 1.79 bits per heavy atom. The average molecular weight is 192 g/mol. The van der Waals surface area contributed by atoms with Crippen LogP contribution in [0.15, 0.2) is 30.3 Å². The molecule has 0 N–H and O–H groups in total. The summed E-state index contributed by atoms with van der Waals surface area (Å²) in [6.45, 7) is 3.47. The lowest BCUT2D eigenvalue weighted by molar-refractivity contribution is -0.146. The van der Waals surface area contributed by atoms with E-state index in [4.69, 9.17) is 9.47 Å². The van der Waals surface area contributed by atoms with Gasteiger partial charge in [0.1, 0.15) is 0 Å². The smallest absolute Gasteiger partial charge is 0.166 e. The van der Waals surface area contributed by atoms with Gasteiger partial charge in [0.15, 0.2) is 5.79 Å². The van der Waals surface area contributed by atoms with Gasteiger partial charge >= 0.3 is 0 Å². The lowest BCUT2D eigenvalue weighted by Crippen LogP contribution is -2.26. The number of hydrogen-bond donors (Lipinski definition) is 0. The van der Waals surface area contributed by atoms with Gasteiger partial charge in [0.2, 0.25) is 0 Å². The topological polar surface area (TPSA) is 18.5 Å². The molecule has 1 aliphatic rings. The van der Waals surface area contributed by atoms with Crippen molar-refractivity contribution in [2.45, 2.75) is 25.6 Å². The summed E-state index contributed by atoms with van der Waals surface area (Å²) in [5.74, 6) is -0.351. The Morgan fingerprint density at radius 1 is 1.14 bits per heavy atom. The molecule has 76 valence electrons. The Hall–Kier alpha value is -0.860. The third-order valence-corrected chi connectivity index (χ3v) is 2.61. The van der Waals surface area contributed by atoms with E-state index in [1.54, 1.807) is 0 Å². The fourth-order valence-electron chi connectivity index (χ4n) is 1.72. The second kappa shape index (κ2) is 4.11. The molecule has 0 bridgehead atoms. The van der Waals surface area contributed by atoms with Crippen LogP contribution in [0.5, 0.6) is 0 Å². The predicted molar refractivity (Wildman–Crippen MR) is 55.1 cm³/mol. The van der Waals surface area contributed by atoms with Crippen molar-refractivity contribution in [1.82, 2.24) is 0 Å². The first-order chi connectivity index (χ1) is 6.79. The zero-order valence-corrected chi connectivity index (χ0v) is 8.53. The molecule has 1 heterocycles.